The number of hydrogen-bond donors (Lipinski definition) is 1. The third kappa shape index (κ3) is 14.3. The molecule has 0 radical (unpaired) electrons. The van der Waals surface area contributed by atoms with Crippen LogP contribution in [-0.2, 0) is 35.0 Å². The van der Waals surface area contributed by atoms with Crippen molar-refractivity contribution >= 4 is 24.1 Å². The average Bonchev–Trinajstić information content (AvgIpc) is 2.90. The summed E-state index contributed by atoms with van der Waals surface area (Å²) >= 11 is 0. The quantitative estimate of drug-likeness (QED) is 0.143. The molecule has 1 N–H and O–H groups in total. The molecule has 0 bridgehead atoms. The Morgan fingerprint density at radius 2 is 1.40 bits per heavy atom. The molecular formula is C30H47NO9. The summed E-state index contributed by atoms with van der Waals surface area (Å²) in [5, 5.41) is 3.02. The summed E-state index contributed by atoms with van der Waals surface area (Å²) in [6.07, 6.45) is 2.26. The van der Waals surface area contributed by atoms with Gasteiger partial charge in [0.15, 0.2) is 11.5 Å². The number of methoxy groups -OCH3 is 1. The molecule has 1 aromatic rings. The monoisotopic (exact) mass is 565 g/mol. The fraction of sp³-hybridized carbons (Fsp3) is 0.667. The van der Waals surface area contributed by atoms with Crippen LogP contribution < -0.4 is 14.8 Å². The highest BCUT2D eigenvalue weighted by Gasteiger charge is 2.22. The fourth-order valence-corrected chi connectivity index (χ4v) is 3.43. The molecule has 0 fully saturated rings. The first-order valence-corrected chi connectivity index (χ1v) is 14.1. The van der Waals surface area contributed by atoms with Crippen LogP contribution in [0.4, 0.5) is 4.79 Å². The zero-order valence-electron chi connectivity index (χ0n) is 25.1. The van der Waals surface area contributed by atoms with Crippen LogP contribution in [0.1, 0.15) is 79.2 Å². The Labute approximate surface area is 238 Å². The molecule has 0 aromatic heterocycles. The highest BCUT2D eigenvalue weighted by atomic mass is 16.7. The van der Waals surface area contributed by atoms with Gasteiger partial charge in [-0.2, -0.15) is 0 Å². The van der Waals surface area contributed by atoms with E-state index in [-0.39, 0.29) is 62.4 Å². The maximum atomic E-state index is 12.6. The Hall–Kier alpha value is -3.14. The number of rotatable bonds is 18. The topological polar surface area (TPSA) is 126 Å². The van der Waals surface area contributed by atoms with Crippen LogP contribution in [0.5, 0.6) is 11.5 Å². The smallest absolute Gasteiger partial charge is 0.468 e. The third-order valence-electron chi connectivity index (χ3n) is 6.43. The Morgan fingerprint density at radius 3 is 1.95 bits per heavy atom. The van der Waals surface area contributed by atoms with Gasteiger partial charge in [0.1, 0.15) is 12.6 Å². The number of carbonyl (C=O) groups is 4. The normalized spacial score (nSPS) is 13.2. The Bertz CT molecular complexity index is 947. The van der Waals surface area contributed by atoms with Crippen molar-refractivity contribution < 1.29 is 42.9 Å². The number of nitrogens with one attached hydrogen (secondary N) is 1. The second kappa shape index (κ2) is 19.0. The van der Waals surface area contributed by atoms with Gasteiger partial charge in [0.25, 0.3) is 0 Å². The van der Waals surface area contributed by atoms with Gasteiger partial charge in [-0.3, -0.25) is 14.4 Å². The molecule has 10 nitrogen and oxygen atoms in total. The maximum Gasteiger partial charge on any atom is 0.508 e. The van der Waals surface area contributed by atoms with Gasteiger partial charge in [0, 0.05) is 19.4 Å². The molecule has 3 atom stereocenters. The standard InChI is InChI=1S/C30H47NO9/c1-8-21(5)16-27(32)39-25-11-10-23(19-26(25)40-28(33)17-22(6)9-2)18-24(29(34)36-7)31-13-15-38-30(35)37-14-12-20(3)4/h10-11,19-22,24,31H,8-9,12-18H2,1-7H3/t21?,22?,24-/m0/s1. The molecule has 0 amide bonds. The Balaban J connectivity index is 2.94. The molecule has 2 unspecified atom stereocenters. The predicted octanol–water partition coefficient (Wildman–Crippen LogP) is 5.24. The van der Waals surface area contributed by atoms with Crippen molar-refractivity contribution in [2.75, 3.05) is 26.9 Å². The summed E-state index contributed by atoms with van der Waals surface area (Å²) < 4.78 is 26.1. The van der Waals surface area contributed by atoms with Gasteiger partial charge < -0.3 is 29.0 Å². The van der Waals surface area contributed by atoms with E-state index in [4.69, 9.17) is 23.7 Å². The predicted molar refractivity (Wildman–Crippen MR) is 150 cm³/mol. The van der Waals surface area contributed by atoms with Crippen molar-refractivity contribution in [2.45, 2.75) is 86.1 Å². The summed E-state index contributed by atoms with van der Waals surface area (Å²) in [5.74, 6) is -0.426. The van der Waals surface area contributed by atoms with Crippen molar-refractivity contribution in [2.24, 2.45) is 17.8 Å². The summed E-state index contributed by atoms with van der Waals surface area (Å²) in [5.41, 5.74) is 0.643. The Kier molecular flexibility index (Phi) is 16.6. The number of carbonyl (C=O) groups excluding carboxylic acids is 4. The first-order chi connectivity index (χ1) is 19.0. The minimum Gasteiger partial charge on any atom is -0.468 e. The number of benzene rings is 1. The molecule has 1 rings (SSSR count). The van der Waals surface area contributed by atoms with E-state index in [1.54, 1.807) is 18.2 Å². The maximum absolute atomic E-state index is 12.6. The summed E-state index contributed by atoms with van der Waals surface area (Å²) in [7, 11) is 1.28. The summed E-state index contributed by atoms with van der Waals surface area (Å²) in [6, 6.07) is 4.06. The highest BCUT2D eigenvalue weighted by Crippen LogP contribution is 2.31. The van der Waals surface area contributed by atoms with E-state index in [1.807, 2.05) is 41.5 Å². The lowest BCUT2D eigenvalue weighted by atomic mass is 10.0. The van der Waals surface area contributed by atoms with Crippen LogP contribution in [-0.4, -0.2) is 57.0 Å². The zero-order valence-corrected chi connectivity index (χ0v) is 25.1. The van der Waals surface area contributed by atoms with Crippen LogP contribution in [0.15, 0.2) is 18.2 Å². The van der Waals surface area contributed by atoms with E-state index < -0.39 is 30.1 Å². The van der Waals surface area contributed by atoms with E-state index in [1.165, 1.54) is 7.11 Å². The van der Waals surface area contributed by atoms with Gasteiger partial charge in [-0.25, -0.2) is 4.79 Å². The molecule has 0 aliphatic carbocycles. The molecule has 0 saturated heterocycles. The summed E-state index contributed by atoms with van der Waals surface area (Å²) in [4.78, 5) is 49.1. The van der Waals surface area contributed by atoms with Crippen LogP contribution in [0.25, 0.3) is 0 Å². The number of hydrogen-bond acceptors (Lipinski definition) is 10. The zero-order chi connectivity index (χ0) is 30.1. The van der Waals surface area contributed by atoms with Gasteiger partial charge in [0.2, 0.25) is 0 Å². The SMILES string of the molecule is CCC(C)CC(=O)Oc1ccc(C[C@H](NCCOC(=O)OCCC(C)C)C(=O)OC)cc1OC(=O)CC(C)CC. The van der Waals surface area contributed by atoms with Crippen LogP contribution in [0.3, 0.4) is 0 Å². The van der Waals surface area contributed by atoms with Crippen LogP contribution in [0, 0.1) is 17.8 Å². The first kappa shape index (κ1) is 34.9. The molecule has 1 aromatic carbocycles. The second-order valence-electron chi connectivity index (χ2n) is 10.5. The van der Waals surface area contributed by atoms with E-state index in [0.29, 0.717) is 11.5 Å². The van der Waals surface area contributed by atoms with E-state index in [9.17, 15) is 19.2 Å². The Morgan fingerprint density at radius 1 is 0.825 bits per heavy atom. The lowest BCUT2D eigenvalue weighted by Gasteiger charge is -2.18. The van der Waals surface area contributed by atoms with Crippen molar-refractivity contribution in [1.82, 2.24) is 5.32 Å². The average molecular weight is 566 g/mol. The largest absolute Gasteiger partial charge is 0.508 e. The minimum absolute atomic E-state index is 0.00243. The van der Waals surface area contributed by atoms with Crippen molar-refractivity contribution in [3.8, 4) is 11.5 Å². The highest BCUT2D eigenvalue weighted by molar-refractivity contribution is 5.77. The van der Waals surface area contributed by atoms with E-state index in [2.05, 4.69) is 5.32 Å². The van der Waals surface area contributed by atoms with Crippen molar-refractivity contribution in [3.05, 3.63) is 23.8 Å². The molecule has 0 aliphatic heterocycles. The van der Waals surface area contributed by atoms with Crippen molar-refractivity contribution in [3.63, 3.8) is 0 Å². The number of ether oxygens (including phenoxy) is 5. The molecule has 0 aliphatic rings. The molecule has 0 spiro atoms. The minimum atomic E-state index is -0.770. The van der Waals surface area contributed by atoms with Crippen LogP contribution >= 0.6 is 0 Å². The van der Waals surface area contributed by atoms with Gasteiger partial charge in [-0.15, -0.1) is 0 Å². The van der Waals surface area contributed by atoms with Crippen LogP contribution in [0.2, 0.25) is 0 Å². The molecule has 226 valence electrons. The van der Waals surface area contributed by atoms with Gasteiger partial charge >= 0.3 is 24.1 Å². The fourth-order valence-electron chi connectivity index (χ4n) is 3.43. The van der Waals surface area contributed by atoms with E-state index in [0.717, 1.165) is 19.3 Å². The first-order valence-electron chi connectivity index (χ1n) is 14.1. The van der Waals surface area contributed by atoms with E-state index >= 15 is 0 Å². The van der Waals surface area contributed by atoms with Gasteiger partial charge in [-0.05, 0) is 48.3 Å². The van der Waals surface area contributed by atoms with Gasteiger partial charge in [-0.1, -0.05) is 60.5 Å². The lowest BCUT2D eigenvalue weighted by molar-refractivity contribution is -0.143. The summed E-state index contributed by atoms with van der Waals surface area (Å²) in [6.45, 7) is 12.4. The van der Waals surface area contributed by atoms with Gasteiger partial charge in [0.05, 0.1) is 13.7 Å². The molecule has 0 heterocycles. The lowest BCUT2D eigenvalue weighted by Crippen LogP contribution is -2.41. The van der Waals surface area contributed by atoms with Crippen molar-refractivity contribution in [1.29, 1.82) is 0 Å². The molecule has 40 heavy (non-hydrogen) atoms. The third-order valence-corrected chi connectivity index (χ3v) is 6.43. The second-order valence-corrected chi connectivity index (χ2v) is 10.5. The molecule has 10 heteroatoms. The number of esters is 3. The molecule has 0 saturated carbocycles. The molecular weight excluding hydrogens is 518 g/mol.